The molecule has 0 aliphatic carbocycles. The number of hydrogen-bond donors (Lipinski definition) is 1. The molecule has 0 spiro atoms. The minimum atomic E-state index is -0.997. The van der Waals surface area contributed by atoms with Gasteiger partial charge in [-0.15, -0.1) is 0 Å². The van der Waals surface area contributed by atoms with E-state index in [2.05, 4.69) is 0 Å². The zero-order valence-electron chi connectivity index (χ0n) is 9.52. The Morgan fingerprint density at radius 3 is 2.47 bits per heavy atom. The summed E-state index contributed by atoms with van der Waals surface area (Å²) in [4.78, 5) is 23.6. The van der Waals surface area contributed by atoms with Crippen LogP contribution in [0, 0.1) is 5.92 Å². The van der Waals surface area contributed by atoms with Gasteiger partial charge in [-0.2, -0.15) is 0 Å². The Kier molecular flexibility index (Phi) is 6.70. The summed E-state index contributed by atoms with van der Waals surface area (Å²) < 4.78 is 4.83. The molecule has 0 saturated carbocycles. The Hall–Kier alpha value is -1.10. The highest BCUT2D eigenvalue weighted by Gasteiger charge is 2.20. The molecule has 0 rings (SSSR count). The van der Waals surface area contributed by atoms with E-state index in [1.54, 1.807) is 6.92 Å². The molecule has 88 valence electrons. The van der Waals surface area contributed by atoms with E-state index in [4.69, 9.17) is 9.84 Å². The third-order valence-corrected chi connectivity index (χ3v) is 2.24. The van der Waals surface area contributed by atoms with Gasteiger partial charge in [-0.25, -0.2) is 0 Å². The number of nitrogens with zero attached hydrogens (tertiary/aromatic N) is 1. The second kappa shape index (κ2) is 7.23. The van der Waals surface area contributed by atoms with Gasteiger partial charge < -0.3 is 14.7 Å². The van der Waals surface area contributed by atoms with Gasteiger partial charge in [0.1, 0.15) is 6.54 Å². The molecule has 15 heavy (non-hydrogen) atoms. The number of carboxylic acid groups (broad SMARTS) is 1. The minimum absolute atomic E-state index is 0.128. The number of amides is 1. The van der Waals surface area contributed by atoms with Gasteiger partial charge in [-0.1, -0.05) is 13.8 Å². The molecular formula is C10H19NO4. The number of hydrogen-bond acceptors (Lipinski definition) is 3. The maximum atomic E-state index is 11.7. The average Bonchev–Trinajstić information content (AvgIpc) is 2.21. The monoisotopic (exact) mass is 217 g/mol. The van der Waals surface area contributed by atoms with Gasteiger partial charge in [0.15, 0.2) is 0 Å². The third kappa shape index (κ3) is 5.37. The lowest BCUT2D eigenvalue weighted by Crippen LogP contribution is -2.40. The molecule has 0 radical (unpaired) electrons. The molecule has 1 amide bonds. The van der Waals surface area contributed by atoms with Gasteiger partial charge >= 0.3 is 5.97 Å². The normalized spacial score (nSPS) is 12.2. The predicted molar refractivity (Wildman–Crippen MR) is 55.5 cm³/mol. The third-order valence-electron chi connectivity index (χ3n) is 2.24. The van der Waals surface area contributed by atoms with E-state index in [1.807, 2.05) is 6.92 Å². The maximum Gasteiger partial charge on any atom is 0.323 e. The van der Waals surface area contributed by atoms with E-state index in [1.165, 1.54) is 12.0 Å². The molecule has 0 saturated heterocycles. The van der Waals surface area contributed by atoms with E-state index in [0.717, 1.165) is 0 Å². The lowest BCUT2D eigenvalue weighted by molar-refractivity contribution is -0.146. The summed E-state index contributed by atoms with van der Waals surface area (Å²) in [6.07, 6.45) is 0.710. The van der Waals surface area contributed by atoms with Crippen molar-refractivity contribution in [1.82, 2.24) is 4.90 Å². The highest BCUT2D eigenvalue weighted by Crippen LogP contribution is 2.06. The average molecular weight is 217 g/mol. The zero-order valence-corrected chi connectivity index (χ0v) is 9.52. The summed E-state index contributed by atoms with van der Waals surface area (Å²) >= 11 is 0. The first kappa shape index (κ1) is 13.9. The topological polar surface area (TPSA) is 66.8 Å². The Morgan fingerprint density at radius 2 is 2.07 bits per heavy atom. The number of carbonyl (C=O) groups is 2. The molecule has 0 fully saturated rings. The highest BCUT2D eigenvalue weighted by molar-refractivity contribution is 5.82. The summed E-state index contributed by atoms with van der Waals surface area (Å²) in [5, 5.41) is 8.65. The SMILES string of the molecule is CCC(C)C(=O)N(CCOC)CC(=O)O. The van der Waals surface area contributed by atoms with E-state index in [9.17, 15) is 9.59 Å². The van der Waals surface area contributed by atoms with Crippen molar-refractivity contribution >= 4 is 11.9 Å². The van der Waals surface area contributed by atoms with Crippen molar-refractivity contribution in [2.75, 3.05) is 26.8 Å². The van der Waals surface area contributed by atoms with Gasteiger partial charge in [-0.3, -0.25) is 9.59 Å². The summed E-state index contributed by atoms with van der Waals surface area (Å²) in [5.74, 6) is -1.26. The fraction of sp³-hybridized carbons (Fsp3) is 0.800. The van der Waals surface area contributed by atoms with Crippen molar-refractivity contribution in [1.29, 1.82) is 0 Å². The zero-order chi connectivity index (χ0) is 11.8. The Labute approximate surface area is 90.0 Å². The second-order valence-electron chi connectivity index (χ2n) is 3.46. The summed E-state index contributed by atoms with van der Waals surface area (Å²) in [7, 11) is 1.52. The number of carbonyl (C=O) groups excluding carboxylic acids is 1. The summed E-state index contributed by atoms with van der Waals surface area (Å²) in [6, 6.07) is 0. The molecule has 0 aromatic heterocycles. The molecule has 0 aromatic carbocycles. The van der Waals surface area contributed by atoms with Crippen molar-refractivity contribution in [3.05, 3.63) is 0 Å². The first-order valence-electron chi connectivity index (χ1n) is 5.02. The maximum absolute atomic E-state index is 11.7. The van der Waals surface area contributed by atoms with Gasteiger partial charge in [0, 0.05) is 19.6 Å². The van der Waals surface area contributed by atoms with Crippen LogP contribution in [-0.4, -0.2) is 48.7 Å². The molecule has 1 atom stereocenters. The molecule has 0 aliphatic heterocycles. The molecule has 0 bridgehead atoms. The Balaban J connectivity index is 4.32. The van der Waals surface area contributed by atoms with Gasteiger partial charge in [0.25, 0.3) is 0 Å². The number of ether oxygens (including phenoxy) is 1. The Bertz CT molecular complexity index is 217. The predicted octanol–water partition coefficient (Wildman–Crippen LogP) is 0.592. The van der Waals surface area contributed by atoms with Gasteiger partial charge in [0.05, 0.1) is 6.61 Å². The lowest BCUT2D eigenvalue weighted by atomic mass is 10.1. The summed E-state index contributed by atoms with van der Waals surface area (Å²) in [5.41, 5.74) is 0. The van der Waals surface area contributed by atoms with E-state index >= 15 is 0 Å². The first-order valence-corrected chi connectivity index (χ1v) is 5.02. The second-order valence-corrected chi connectivity index (χ2v) is 3.46. The minimum Gasteiger partial charge on any atom is -0.480 e. The largest absolute Gasteiger partial charge is 0.480 e. The van der Waals surface area contributed by atoms with Crippen molar-refractivity contribution in [3.63, 3.8) is 0 Å². The molecule has 0 heterocycles. The van der Waals surface area contributed by atoms with E-state index in [-0.39, 0.29) is 18.4 Å². The van der Waals surface area contributed by atoms with E-state index < -0.39 is 5.97 Å². The van der Waals surface area contributed by atoms with Crippen LogP contribution in [0.3, 0.4) is 0 Å². The van der Waals surface area contributed by atoms with Crippen LogP contribution in [-0.2, 0) is 14.3 Å². The van der Waals surface area contributed by atoms with Crippen LogP contribution in [0.2, 0.25) is 0 Å². The van der Waals surface area contributed by atoms with Crippen LogP contribution in [0.4, 0.5) is 0 Å². The smallest absolute Gasteiger partial charge is 0.323 e. The molecular weight excluding hydrogens is 198 g/mol. The number of rotatable bonds is 7. The van der Waals surface area contributed by atoms with Crippen molar-refractivity contribution in [2.45, 2.75) is 20.3 Å². The molecule has 0 aromatic rings. The van der Waals surface area contributed by atoms with E-state index in [0.29, 0.717) is 19.6 Å². The number of methoxy groups -OCH3 is 1. The standard InChI is InChI=1S/C10H19NO4/c1-4-8(2)10(14)11(5-6-15-3)7-9(12)13/h8H,4-7H2,1-3H3,(H,12,13). The fourth-order valence-corrected chi connectivity index (χ4v) is 1.12. The van der Waals surface area contributed by atoms with Gasteiger partial charge in [0.2, 0.25) is 5.91 Å². The molecule has 5 heteroatoms. The number of carboxylic acids is 1. The molecule has 1 N–H and O–H groups in total. The molecule has 1 unspecified atom stereocenters. The summed E-state index contributed by atoms with van der Waals surface area (Å²) in [6.45, 7) is 4.12. The van der Waals surface area contributed by atoms with Crippen LogP contribution in [0.1, 0.15) is 20.3 Å². The van der Waals surface area contributed by atoms with Crippen LogP contribution in [0.5, 0.6) is 0 Å². The van der Waals surface area contributed by atoms with Crippen molar-refractivity contribution in [2.24, 2.45) is 5.92 Å². The van der Waals surface area contributed by atoms with Gasteiger partial charge in [-0.05, 0) is 6.42 Å². The van der Waals surface area contributed by atoms with Crippen molar-refractivity contribution < 1.29 is 19.4 Å². The fourth-order valence-electron chi connectivity index (χ4n) is 1.12. The first-order chi connectivity index (χ1) is 7.02. The van der Waals surface area contributed by atoms with Crippen LogP contribution >= 0.6 is 0 Å². The van der Waals surface area contributed by atoms with Crippen molar-refractivity contribution in [3.8, 4) is 0 Å². The van der Waals surface area contributed by atoms with Crippen LogP contribution in [0.25, 0.3) is 0 Å². The molecule has 0 aliphatic rings. The highest BCUT2D eigenvalue weighted by atomic mass is 16.5. The Morgan fingerprint density at radius 1 is 1.47 bits per heavy atom. The van der Waals surface area contributed by atoms with Crippen LogP contribution < -0.4 is 0 Å². The quantitative estimate of drug-likeness (QED) is 0.678. The number of aliphatic carboxylic acids is 1. The molecule has 5 nitrogen and oxygen atoms in total. The lowest BCUT2D eigenvalue weighted by Gasteiger charge is -2.23. The van der Waals surface area contributed by atoms with Crippen LogP contribution in [0.15, 0.2) is 0 Å².